The first kappa shape index (κ1) is 16.5. The average Bonchev–Trinajstić information content (AvgIpc) is 2.76. The molecule has 1 aromatic rings. The molecular formula is C12H20N4O3S. The Kier molecular flexibility index (Phi) is 6.03. The maximum Gasteiger partial charge on any atom is 0.312 e. The Morgan fingerprint density at radius 3 is 2.70 bits per heavy atom. The molecule has 0 fully saturated rings. The number of esters is 1. The van der Waals surface area contributed by atoms with Gasteiger partial charge < -0.3 is 10.5 Å². The van der Waals surface area contributed by atoms with Crippen LogP contribution in [0.1, 0.15) is 38.6 Å². The monoisotopic (exact) mass is 300 g/mol. The minimum Gasteiger partial charge on any atom is -0.466 e. The van der Waals surface area contributed by atoms with E-state index < -0.39 is 5.54 Å². The summed E-state index contributed by atoms with van der Waals surface area (Å²) in [7, 11) is 0. The van der Waals surface area contributed by atoms with Crippen LogP contribution < -0.4 is 11.1 Å². The van der Waals surface area contributed by atoms with Crippen molar-refractivity contribution in [2.75, 3.05) is 11.9 Å². The molecule has 8 heteroatoms. The molecule has 1 heterocycles. The highest BCUT2D eigenvalue weighted by Gasteiger charge is 2.28. The average molecular weight is 300 g/mol. The molecule has 1 atom stereocenters. The van der Waals surface area contributed by atoms with E-state index >= 15 is 0 Å². The second-order valence-corrected chi connectivity index (χ2v) is 5.67. The van der Waals surface area contributed by atoms with Crippen molar-refractivity contribution in [1.29, 1.82) is 0 Å². The maximum atomic E-state index is 12.0. The van der Waals surface area contributed by atoms with Crippen molar-refractivity contribution in [3.05, 3.63) is 5.01 Å². The number of carbonyl (C=O) groups excluding carboxylic acids is 2. The molecule has 0 aliphatic rings. The summed E-state index contributed by atoms with van der Waals surface area (Å²) >= 11 is 1.14. The largest absolute Gasteiger partial charge is 0.466 e. The van der Waals surface area contributed by atoms with Crippen LogP contribution in [0.4, 0.5) is 5.13 Å². The van der Waals surface area contributed by atoms with Gasteiger partial charge in [0.2, 0.25) is 11.0 Å². The molecule has 0 saturated heterocycles. The Morgan fingerprint density at radius 2 is 2.10 bits per heavy atom. The second-order valence-electron chi connectivity index (χ2n) is 4.60. The van der Waals surface area contributed by atoms with Crippen molar-refractivity contribution in [2.45, 2.75) is 45.6 Å². The van der Waals surface area contributed by atoms with Crippen molar-refractivity contribution in [3.63, 3.8) is 0 Å². The molecule has 0 aromatic carbocycles. The normalized spacial score (nSPS) is 13.6. The van der Waals surface area contributed by atoms with Crippen LogP contribution in [0.2, 0.25) is 0 Å². The van der Waals surface area contributed by atoms with Crippen molar-refractivity contribution in [3.8, 4) is 0 Å². The summed E-state index contributed by atoms with van der Waals surface area (Å²) in [6.07, 6.45) is 1.44. The number of hydrogen-bond acceptors (Lipinski definition) is 7. The van der Waals surface area contributed by atoms with Crippen LogP contribution >= 0.6 is 11.3 Å². The number of aromatic nitrogens is 2. The number of amides is 1. The van der Waals surface area contributed by atoms with Gasteiger partial charge in [0, 0.05) is 0 Å². The van der Waals surface area contributed by atoms with E-state index in [9.17, 15) is 9.59 Å². The van der Waals surface area contributed by atoms with Crippen molar-refractivity contribution >= 4 is 28.3 Å². The second kappa shape index (κ2) is 7.30. The lowest BCUT2D eigenvalue weighted by molar-refractivity contribution is -0.142. The van der Waals surface area contributed by atoms with Gasteiger partial charge in [0.05, 0.1) is 18.6 Å². The third-order valence-electron chi connectivity index (χ3n) is 2.58. The third-order valence-corrected chi connectivity index (χ3v) is 3.41. The molecule has 0 aliphatic heterocycles. The van der Waals surface area contributed by atoms with Gasteiger partial charge in [-0.05, 0) is 20.3 Å². The fourth-order valence-corrected chi connectivity index (χ4v) is 2.30. The van der Waals surface area contributed by atoms with Gasteiger partial charge in [0.1, 0.15) is 5.01 Å². The van der Waals surface area contributed by atoms with E-state index in [0.29, 0.717) is 23.2 Å². The highest BCUT2D eigenvalue weighted by molar-refractivity contribution is 7.15. The van der Waals surface area contributed by atoms with Gasteiger partial charge >= 0.3 is 5.97 Å². The topological polar surface area (TPSA) is 107 Å². The first-order valence-corrected chi connectivity index (χ1v) is 7.29. The van der Waals surface area contributed by atoms with Gasteiger partial charge in [-0.25, -0.2) is 0 Å². The molecular weight excluding hydrogens is 280 g/mol. The third kappa shape index (κ3) is 4.86. The first-order chi connectivity index (χ1) is 9.39. The van der Waals surface area contributed by atoms with Crippen LogP contribution in [0.25, 0.3) is 0 Å². The fraction of sp³-hybridized carbons (Fsp3) is 0.667. The van der Waals surface area contributed by atoms with E-state index in [-0.39, 0.29) is 18.3 Å². The van der Waals surface area contributed by atoms with Crippen molar-refractivity contribution < 1.29 is 14.3 Å². The van der Waals surface area contributed by atoms with E-state index in [0.717, 1.165) is 17.8 Å². The van der Waals surface area contributed by atoms with Gasteiger partial charge in [-0.1, -0.05) is 24.7 Å². The summed E-state index contributed by atoms with van der Waals surface area (Å²) in [5.41, 5.74) is 4.97. The molecule has 0 saturated carbocycles. The molecule has 0 radical (unpaired) electrons. The SMILES string of the molecule is CCCC(C)(N)C(=O)Nc1nnc(CC(=O)OCC)s1. The summed E-state index contributed by atoms with van der Waals surface area (Å²) < 4.78 is 4.81. The van der Waals surface area contributed by atoms with Gasteiger partial charge in [-0.3, -0.25) is 14.9 Å². The molecule has 0 bridgehead atoms. The number of nitrogens with zero attached hydrogens (tertiary/aromatic N) is 2. The van der Waals surface area contributed by atoms with Crippen LogP contribution in [-0.4, -0.2) is 34.2 Å². The number of nitrogens with two attached hydrogens (primary N) is 1. The minimum absolute atomic E-state index is 0.0518. The smallest absolute Gasteiger partial charge is 0.312 e. The van der Waals surface area contributed by atoms with E-state index in [1.165, 1.54) is 0 Å². The Labute approximate surface area is 121 Å². The van der Waals surface area contributed by atoms with Crippen molar-refractivity contribution in [2.24, 2.45) is 5.73 Å². The molecule has 1 unspecified atom stereocenters. The highest BCUT2D eigenvalue weighted by atomic mass is 32.1. The zero-order valence-electron chi connectivity index (χ0n) is 11.9. The molecule has 1 aromatic heterocycles. The molecule has 1 rings (SSSR count). The molecule has 1 amide bonds. The molecule has 112 valence electrons. The first-order valence-electron chi connectivity index (χ1n) is 6.47. The summed E-state index contributed by atoms with van der Waals surface area (Å²) in [5, 5.41) is 11.1. The van der Waals surface area contributed by atoms with Gasteiger partial charge in [-0.15, -0.1) is 10.2 Å². The predicted molar refractivity (Wildman–Crippen MR) is 76.4 cm³/mol. The lowest BCUT2D eigenvalue weighted by atomic mass is 9.97. The Hall–Kier alpha value is -1.54. The van der Waals surface area contributed by atoms with Gasteiger partial charge in [-0.2, -0.15) is 0 Å². The maximum absolute atomic E-state index is 12.0. The molecule has 0 aliphatic carbocycles. The summed E-state index contributed by atoms with van der Waals surface area (Å²) in [6.45, 7) is 5.69. The lowest BCUT2D eigenvalue weighted by Gasteiger charge is -2.21. The standard InChI is InChI=1S/C12H20N4O3S/c1-4-6-12(3,13)10(18)14-11-16-15-8(20-11)7-9(17)19-5-2/h4-7,13H2,1-3H3,(H,14,16,18). The predicted octanol–water partition coefficient (Wildman–Crippen LogP) is 1.10. The van der Waals surface area contributed by atoms with E-state index in [1.54, 1.807) is 13.8 Å². The number of rotatable bonds is 7. The number of ether oxygens (including phenoxy) is 1. The number of carbonyl (C=O) groups is 2. The molecule has 7 nitrogen and oxygen atoms in total. The van der Waals surface area contributed by atoms with Crippen LogP contribution in [-0.2, 0) is 20.7 Å². The molecule has 3 N–H and O–H groups in total. The minimum atomic E-state index is -0.943. The zero-order chi connectivity index (χ0) is 15.2. The Morgan fingerprint density at radius 1 is 1.40 bits per heavy atom. The number of nitrogens with one attached hydrogen (secondary N) is 1. The van der Waals surface area contributed by atoms with Crippen LogP contribution in [0, 0.1) is 0 Å². The van der Waals surface area contributed by atoms with E-state index in [4.69, 9.17) is 10.5 Å². The van der Waals surface area contributed by atoms with E-state index in [1.807, 2.05) is 6.92 Å². The quantitative estimate of drug-likeness (QED) is 0.730. The molecule has 20 heavy (non-hydrogen) atoms. The zero-order valence-corrected chi connectivity index (χ0v) is 12.7. The Bertz CT molecular complexity index is 473. The fourth-order valence-electron chi connectivity index (χ4n) is 1.58. The van der Waals surface area contributed by atoms with Gasteiger partial charge in [0.25, 0.3) is 0 Å². The lowest BCUT2D eigenvalue weighted by Crippen LogP contribution is -2.48. The van der Waals surface area contributed by atoms with Crippen LogP contribution in [0.5, 0.6) is 0 Å². The summed E-state index contributed by atoms with van der Waals surface area (Å²) in [6, 6.07) is 0. The van der Waals surface area contributed by atoms with Gasteiger partial charge in [0.15, 0.2) is 0 Å². The van der Waals surface area contributed by atoms with Crippen LogP contribution in [0.15, 0.2) is 0 Å². The summed E-state index contributed by atoms with van der Waals surface area (Å²) in [5.74, 6) is -0.672. The summed E-state index contributed by atoms with van der Waals surface area (Å²) in [4.78, 5) is 23.3. The van der Waals surface area contributed by atoms with Crippen molar-refractivity contribution in [1.82, 2.24) is 10.2 Å². The van der Waals surface area contributed by atoms with Crippen LogP contribution in [0.3, 0.4) is 0 Å². The Balaban J connectivity index is 2.60. The number of anilines is 1. The highest BCUT2D eigenvalue weighted by Crippen LogP contribution is 2.18. The molecule has 0 spiro atoms. The number of hydrogen-bond donors (Lipinski definition) is 2. The van der Waals surface area contributed by atoms with E-state index in [2.05, 4.69) is 15.5 Å².